The maximum Gasteiger partial charge on any atom is 0.143 e. The molecule has 0 unspecified atom stereocenters. The molecule has 10 aromatic rings. The molecule has 0 amide bonds. The fraction of sp³-hybridized carbons (Fsp3) is 0.107. The van der Waals surface area contributed by atoms with E-state index < -0.39 is 0 Å². The second-order valence-electron chi connectivity index (χ2n) is 17.3. The molecule has 0 saturated carbocycles. The standard InChI is InChI=1S/C56H41NO/c1-55(2)47-20-11-9-17-40(47)42-28-26-37(31-49(42)55)57(38-27-29-43-41-18-10-12-21-48(41)56(3,4)50(43)32-38)51-22-13-23-52-53(51)46-33-45(39-16-7-8-19-44(39)54(46)58-52)36-25-24-34-14-5-6-15-35(34)30-36/h5-33H,1-4H3. The number of hydrogen-bond donors (Lipinski definition) is 0. The van der Waals surface area contributed by atoms with Crippen LogP contribution < -0.4 is 4.90 Å². The number of hydrogen-bond acceptors (Lipinski definition) is 2. The van der Waals surface area contributed by atoms with E-state index in [1.54, 1.807) is 0 Å². The summed E-state index contributed by atoms with van der Waals surface area (Å²) in [6, 6.07) is 65.1. The van der Waals surface area contributed by atoms with Crippen LogP contribution in [0.1, 0.15) is 49.9 Å². The Morgan fingerprint density at radius 3 is 1.64 bits per heavy atom. The lowest BCUT2D eigenvalue weighted by molar-refractivity contribution is 0.660. The third-order valence-corrected chi connectivity index (χ3v) is 13.4. The lowest BCUT2D eigenvalue weighted by Gasteiger charge is -2.30. The predicted molar refractivity (Wildman–Crippen MR) is 244 cm³/mol. The minimum atomic E-state index is -0.142. The van der Waals surface area contributed by atoms with Crippen molar-refractivity contribution in [1.29, 1.82) is 0 Å². The third-order valence-electron chi connectivity index (χ3n) is 13.4. The molecule has 0 saturated heterocycles. The van der Waals surface area contributed by atoms with Crippen molar-refractivity contribution in [2.75, 3.05) is 4.90 Å². The largest absolute Gasteiger partial charge is 0.455 e. The van der Waals surface area contributed by atoms with Crippen LogP contribution in [0.3, 0.4) is 0 Å². The first kappa shape index (κ1) is 33.3. The van der Waals surface area contributed by atoms with Crippen molar-refractivity contribution >= 4 is 60.5 Å². The van der Waals surface area contributed by atoms with Gasteiger partial charge in [0.25, 0.3) is 0 Å². The van der Waals surface area contributed by atoms with E-state index in [4.69, 9.17) is 4.42 Å². The van der Waals surface area contributed by atoms with Crippen LogP contribution in [0, 0.1) is 0 Å². The van der Waals surface area contributed by atoms with Gasteiger partial charge < -0.3 is 9.32 Å². The highest BCUT2D eigenvalue weighted by Gasteiger charge is 2.38. The minimum Gasteiger partial charge on any atom is -0.455 e. The summed E-state index contributed by atoms with van der Waals surface area (Å²) >= 11 is 0. The number of benzene rings is 9. The maximum absolute atomic E-state index is 6.96. The fourth-order valence-corrected chi connectivity index (χ4v) is 10.5. The van der Waals surface area contributed by atoms with Crippen molar-refractivity contribution in [3.05, 3.63) is 198 Å². The van der Waals surface area contributed by atoms with Crippen molar-refractivity contribution in [2.45, 2.75) is 38.5 Å². The van der Waals surface area contributed by atoms with Crippen LogP contribution in [-0.2, 0) is 10.8 Å². The molecule has 1 aromatic heterocycles. The van der Waals surface area contributed by atoms with Crippen LogP contribution in [0.15, 0.2) is 180 Å². The molecule has 0 bridgehead atoms. The number of rotatable bonds is 4. The molecule has 2 heteroatoms. The number of fused-ring (bicyclic) bond motifs is 12. The van der Waals surface area contributed by atoms with Crippen molar-refractivity contribution in [2.24, 2.45) is 0 Å². The van der Waals surface area contributed by atoms with Gasteiger partial charge in [-0.2, -0.15) is 0 Å². The molecule has 0 spiro atoms. The van der Waals surface area contributed by atoms with Crippen LogP contribution in [0.4, 0.5) is 17.1 Å². The Morgan fingerprint density at radius 1 is 0.397 bits per heavy atom. The first-order valence-corrected chi connectivity index (χ1v) is 20.4. The third kappa shape index (κ3) is 4.54. The quantitative estimate of drug-likeness (QED) is 0.178. The van der Waals surface area contributed by atoms with Gasteiger partial charge in [-0.05, 0) is 120 Å². The zero-order valence-electron chi connectivity index (χ0n) is 33.1. The molecule has 0 fully saturated rings. The molecule has 9 aromatic carbocycles. The molecule has 58 heavy (non-hydrogen) atoms. The van der Waals surface area contributed by atoms with E-state index in [1.165, 1.54) is 71.8 Å². The van der Waals surface area contributed by atoms with Crippen LogP contribution in [0.25, 0.3) is 76.9 Å². The highest BCUT2D eigenvalue weighted by molar-refractivity contribution is 6.22. The zero-order valence-corrected chi connectivity index (χ0v) is 33.1. The number of furan rings is 1. The van der Waals surface area contributed by atoms with Gasteiger partial charge in [0, 0.05) is 33.0 Å². The second-order valence-corrected chi connectivity index (χ2v) is 17.3. The molecule has 2 aliphatic rings. The average Bonchev–Trinajstić information content (AvgIpc) is 3.83. The molecule has 2 nitrogen and oxygen atoms in total. The summed E-state index contributed by atoms with van der Waals surface area (Å²) in [4.78, 5) is 2.49. The Balaban J connectivity index is 1.14. The van der Waals surface area contributed by atoms with Gasteiger partial charge in [0.1, 0.15) is 11.2 Å². The Hall–Kier alpha value is -6.90. The molecular weight excluding hydrogens is 703 g/mol. The molecular formula is C56H41NO. The van der Waals surface area contributed by atoms with Gasteiger partial charge in [0.05, 0.1) is 11.1 Å². The summed E-state index contributed by atoms with van der Waals surface area (Å²) in [6.07, 6.45) is 0. The molecule has 276 valence electrons. The number of nitrogens with zero attached hydrogens (tertiary/aromatic N) is 1. The Morgan fingerprint density at radius 2 is 0.966 bits per heavy atom. The minimum absolute atomic E-state index is 0.142. The Kier molecular flexibility index (Phi) is 6.78. The summed E-state index contributed by atoms with van der Waals surface area (Å²) in [6.45, 7) is 9.46. The Labute approximate surface area is 338 Å². The maximum atomic E-state index is 6.96. The van der Waals surface area contributed by atoms with E-state index >= 15 is 0 Å². The Bertz CT molecular complexity index is 3250. The second kappa shape index (κ2) is 11.8. The van der Waals surface area contributed by atoms with Crippen LogP contribution in [-0.4, -0.2) is 0 Å². The van der Waals surface area contributed by atoms with E-state index in [1.807, 2.05) is 0 Å². The highest BCUT2D eigenvalue weighted by atomic mass is 16.3. The van der Waals surface area contributed by atoms with E-state index in [-0.39, 0.29) is 10.8 Å². The molecule has 2 aliphatic carbocycles. The van der Waals surface area contributed by atoms with Gasteiger partial charge >= 0.3 is 0 Å². The summed E-state index contributed by atoms with van der Waals surface area (Å²) < 4.78 is 6.96. The van der Waals surface area contributed by atoms with Gasteiger partial charge in [-0.3, -0.25) is 0 Å². The summed E-state index contributed by atoms with van der Waals surface area (Å²) in [5.41, 5.74) is 18.0. The lowest BCUT2D eigenvalue weighted by Crippen LogP contribution is -2.18. The molecule has 0 radical (unpaired) electrons. The predicted octanol–water partition coefficient (Wildman–Crippen LogP) is 15.6. The van der Waals surface area contributed by atoms with Crippen molar-refractivity contribution in [3.63, 3.8) is 0 Å². The molecule has 0 aliphatic heterocycles. The van der Waals surface area contributed by atoms with Crippen LogP contribution in [0.2, 0.25) is 0 Å². The molecule has 0 atom stereocenters. The van der Waals surface area contributed by atoms with Crippen molar-refractivity contribution in [3.8, 4) is 33.4 Å². The van der Waals surface area contributed by atoms with E-state index in [2.05, 4.69) is 209 Å². The van der Waals surface area contributed by atoms with Crippen LogP contribution in [0.5, 0.6) is 0 Å². The SMILES string of the molecule is CC1(C)c2ccccc2-c2ccc(N(c3ccc4c(c3)C(C)(C)c3ccccc3-4)c3cccc4oc5c6ccccc6c(-c6ccc7ccccc7c6)cc5c34)cc21. The smallest absolute Gasteiger partial charge is 0.143 e. The molecule has 0 N–H and O–H groups in total. The van der Waals surface area contributed by atoms with Crippen molar-refractivity contribution < 1.29 is 4.42 Å². The molecule has 1 heterocycles. The van der Waals surface area contributed by atoms with Gasteiger partial charge in [-0.25, -0.2) is 0 Å². The van der Waals surface area contributed by atoms with E-state index in [0.29, 0.717) is 0 Å². The topological polar surface area (TPSA) is 16.4 Å². The van der Waals surface area contributed by atoms with Gasteiger partial charge in [-0.1, -0.05) is 155 Å². The zero-order chi connectivity index (χ0) is 38.9. The van der Waals surface area contributed by atoms with Gasteiger partial charge in [-0.15, -0.1) is 0 Å². The summed E-state index contributed by atoms with van der Waals surface area (Å²) in [7, 11) is 0. The molecule has 12 rings (SSSR count). The number of anilines is 3. The average molecular weight is 744 g/mol. The monoisotopic (exact) mass is 743 g/mol. The lowest BCUT2D eigenvalue weighted by atomic mass is 9.82. The highest BCUT2D eigenvalue weighted by Crippen LogP contribution is 2.54. The van der Waals surface area contributed by atoms with Crippen molar-refractivity contribution in [1.82, 2.24) is 0 Å². The van der Waals surface area contributed by atoms with Gasteiger partial charge in [0.15, 0.2) is 0 Å². The normalized spacial score (nSPS) is 14.5. The first-order chi connectivity index (χ1) is 28.3. The summed E-state index contributed by atoms with van der Waals surface area (Å²) in [5, 5.41) is 6.99. The van der Waals surface area contributed by atoms with Gasteiger partial charge in [0.2, 0.25) is 0 Å². The fourth-order valence-electron chi connectivity index (χ4n) is 10.5. The first-order valence-electron chi connectivity index (χ1n) is 20.4. The van der Waals surface area contributed by atoms with E-state index in [0.717, 1.165) is 44.4 Å². The van der Waals surface area contributed by atoms with E-state index in [9.17, 15) is 0 Å². The van der Waals surface area contributed by atoms with Crippen LogP contribution >= 0.6 is 0 Å². The summed E-state index contributed by atoms with van der Waals surface area (Å²) in [5.74, 6) is 0.